The van der Waals surface area contributed by atoms with Crippen molar-refractivity contribution in [3.05, 3.63) is 0 Å². The fraction of sp³-hybridized carbons (Fsp3) is 0.500. The van der Waals surface area contributed by atoms with E-state index in [1.165, 1.54) is 0 Å². The van der Waals surface area contributed by atoms with E-state index in [1.807, 2.05) is 0 Å². The first kappa shape index (κ1) is 21.6. The quantitative estimate of drug-likeness (QED) is 0.263. The van der Waals surface area contributed by atoms with Gasteiger partial charge < -0.3 is 25.2 Å². The summed E-state index contributed by atoms with van der Waals surface area (Å²) in [6.07, 6.45) is -4.71. The van der Waals surface area contributed by atoms with Crippen molar-refractivity contribution in [2.45, 2.75) is 12.2 Å². The maximum atomic E-state index is 9.74. The zero-order chi connectivity index (χ0) is 12.8. The van der Waals surface area contributed by atoms with Gasteiger partial charge in [0.05, 0.1) is 5.97 Å². The molecule has 0 heterocycles. The van der Waals surface area contributed by atoms with E-state index in [9.17, 15) is 14.7 Å². The van der Waals surface area contributed by atoms with Gasteiger partial charge in [-0.15, -0.1) is 0 Å². The zero-order valence-corrected chi connectivity index (χ0v) is 12.5. The summed E-state index contributed by atoms with van der Waals surface area (Å²) in [5.41, 5.74) is 0. The molecule has 0 bridgehead atoms. The summed E-state index contributed by atoms with van der Waals surface area (Å²) in [6.45, 7) is 0. The van der Waals surface area contributed by atoms with Crippen LogP contribution in [0.3, 0.4) is 0 Å². The van der Waals surface area contributed by atoms with Gasteiger partial charge in [-0.3, -0.25) is 0 Å². The number of carbonyl (C=O) groups is 2. The molecule has 0 rings (SSSR count). The summed E-state index contributed by atoms with van der Waals surface area (Å²) in [5.74, 6) is -3.83. The van der Waals surface area contributed by atoms with Crippen molar-refractivity contribution in [3.8, 4) is 0 Å². The number of rotatable bonds is 3. The molecule has 0 radical (unpaired) electrons. The van der Waals surface area contributed by atoms with Crippen molar-refractivity contribution >= 4 is 32.0 Å². The first-order valence-corrected chi connectivity index (χ1v) is 7.51. The van der Waals surface area contributed by atoms with E-state index in [0.29, 0.717) is 0 Å². The Bertz CT molecular complexity index is 246. The standard InChI is InChI=1S/C4H6O6.Na.3H2O.O.Sb/c5-1(3(7)8)2(6)4(9)10;;;;;;/h1-2,5-6H,(H,7,8)(H,9,10);;3*1H2;;/q;+1;;;;;+3/p-4. The van der Waals surface area contributed by atoms with Gasteiger partial charge in [0.2, 0.25) is 0 Å². The number of aliphatic carboxylic acids is 2. The van der Waals surface area contributed by atoms with Gasteiger partial charge in [0.25, 0.3) is 0 Å². The molecule has 0 aromatic carbocycles. The predicted molar refractivity (Wildman–Crippen MR) is 37.8 cm³/mol. The van der Waals surface area contributed by atoms with Crippen LogP contribution in [0, 0.1) is 0 Å². The second-order valence-electron chi connectivity index (χ2n) is 2.06. The third-order valence-electron chi connectivity index (χ3n) is 0.794. The van der Waals surface area contributed by atoms with Crippen LogP contribution in [0.15, 0.2) is 0 Å². The Morgan fingerprint density at radius 2 is 1.31 bits per heavy atom. The molecule has 0 spiro atoms. The van der Waals surface area contributed by atoms with Crippen LogP contribution in [0.25, 0.3) is 0 Å². The van der Waals surface area contributed by atoms with Crippen LogP contribution in [0.5, 0.6) is 0 Å². The fourth-order valence-electron chi connectivity index (χ4n) is 0.264. The molecule has 90 valence electrons. The Hall–Kier alpha value is 0.358. The summed E-state index contributed by atoms with van der Waals surface area (Å²) in [4.78, 5) is 19.4. The number of carbonyl (C=O) groups excluding carboxylic acids is 1. The van der Waals surface area contributed by atoms with E-state index in [1.54, 1.807) is 0 Å². The first-order valence-electron chi connectivity index (χ1n) is 3.05. The molecule has 0 aliphatic rings. The molecule has 0 aliphatic heterocycles. The number of aliphatic hydroxyl groups is 2. The molecule has 0 saturated carbocycles. The van der Waals surface area contributed by atoms with Crippen LogP contribution in [0.1, 0.15) is 0 Å². The molecule has 0 saturated heterocycles. The van der Waals surface area contributed by atoms with Crippen LogP contribution < -0.4 is 34.7 Å². The molecule has 0 amide bonds. The molecular weight excluding hydrogens is 353 g/mol. The van der Waals surface area contributed by atoms with Gasteiger partial charge in [0.15, 0.2) is 6.10 Å². The second kappa shape index (κ2) is 9.39. The van der Waals surface area contributed by atoms with Gasteiger partial charge in [-0.1, -0.05) is 0 Å². The Labute approximate surface area is 116 Å². The van der Waals surface area contributed by atoms with Gasteiger partial charge >= 0.3 is 68.8 Å². The Balaban J connectivity index is -0.000000242. The van der Waals surface area contributed by atoms with Crippen molar-refractivity contribution < 1.29 is 72.7 Å². The average Bonchev–Trinajstić information content (AvgIpc) is 1.98. The summed E-state index contributed by atoms with van der Waals surface area (Å²) < 4.78 is 30.8. The van der Waals surface area contributed by atoms with E-state index in [2.05, 4.69) is 0 Å². The molecular formula is C4H8NaO10Sb. The van der Waals surface area contributed by atoms with Gasteiger partial charge in [-0.25, -0.2) is 4.79 Å². The molecule has 2 unspecified atom stereocenters. The molecule has 2 atom stereocenters. The molecule has 0 fully saturated rings. The van der Waals surface area contributed by atoms with Crippen molar-refractivity contribution in [2.75, 3.05) is 0 Å². The second-order valence-corrected chi connectivity index (χ2v) is 4.99. The number of hydrogen-bond donors (Lipinski definition) is 6. The Morgan fingerprint density at radius 3 is 1.38 bits per heavy atom. The molecule has 0 aliphatic carbocycles. The Morgan fingerprint density at radius 1 is 1.06 bits per heavy atom. The van der Waals surface area contributed by atoms with Crippen LogP contribution in [0.2, 0.25) is 0 Å². The van der Waals surface area contributed by atoms with Gasteiger partial charge in [-0.2, -0.15) is 0 Å². The minimum atomic E-state index is -5.35. The molecule has 0 aromatic rings. The van der Waals surface area contributed by atoms with Crippen molar-refractivity contribution in [1.29, 1.82) is 0 Å². The molecule has 0 aromatic heterocycles. The van der Waals surface area contributed by atoms with Gasteiger partial charge in [-0.05, 0) is 0 Å². The van der Waals surface area contributed by atoms with Crippen LogP contribution in [-0.4, -0.2) is 69.7 Å². The van der Waals surface area contributed by atoms with E-state index >= 15 is 0 Å². The maximum absolute atomic E-state index is 9.74. The van der Waals surface area contributed by atoms with Crippen LogP contribution >= 0.6 is 0 Å². The van der Waals surface area contributed by atoms with E-state index in [0.717, 1.165) is 0 Å². The Kier molecular flexibility index (Phi) is 12.7. The topological polar surface area (TPSA) is 196 Å². The molecule has 6 N–H and O–H groups in total. The third-order valence-corrected chi connectivity index (χ3v) is 0.794. The van der Waals surface area contributed by atoms with Crippen LogP contribution in [-0.2, 0) is 12.6 Å². The summed E-state index contributed by atoms with van der Waals surface area (Å²) in [6, 6.07) is 0. The monoisotopic (exact) mass is 360 g/mol. The van der Waals surface area contributed by atoms with E-state index in [4.69, 9.17) is 28.5 Å². The molecule has 16 heavy (non-hydrogen) atoms. The molecule has 10 nitrogen and oxygen atoms in total. The van der Waals surface area contributed by atoms with Gasteiger partial charge in [0, 0.05) is 0 Å². The predicted octanol–water partition coefficient (Wildman–Crippen LogP) is -8.62. The number of hydrogen-bond acceptors (Lipinski definition) is 6. The van der Waals surface area contributed by atoms with Crippen molar-refractivity contribution in [2.24, 2.45) is 0 Å². The number of carboxylic acid groups (broad SMARTS) is 2. The van der Waals surface area contributed by atoms with E-state index in [-0.39, 0.29) is 29.6 Å². The summed E-state index contributed by atoms with van der Waals surface area (Å²) in [5, 5.41) is 34.1. The normalized spacial score (nSPS) is 13.6. The zero-order valence-electron chi connectivity index (χ0n) is 7.92. The van der Waals surface area contributed by atoms with E-state index < -0.39 is 44.2 Å². The minimum absolute atomic E-state index is 0. The van der Waals surface area contributed by atoms with Crippen molar-refractivity contribution in [3.63, 3.8) is 0 Å². The SMILES string of the molecule is O=C([O-])C(O)C(O)C(=O)O.[Na+].[O]=[Sb]([OH])([OH])[OH]. The third kappa shape index (κ3) is 16.8. The summed E-state index contributed by atoms with van der Waals surface area (Å²) >= 11 is -5.35. The first-order chi connectivity index (χ1) is 6.46. The summed E-state index contributed by atoms with van der Waals surface area (Å²) in [7, 11) is 0. The molecule has 12 heteroatoms. The average molecular weight is 361 g/mol. The van der Waals surface area contributed by atoms with Crippen molar-refractivity contribution in [1.82, 2.24) is 0 Å². The number of carboxylic acids is 2. The fourth-order valence-corrected chi connectivity index (χ4v) is 0.264. The van der Waals surface area contributed by atoms with Crippen LogP contribution in [0.4, 0.5) is 0 Å². The van der Waals surface area contributed by atoms with Gasteiger partial charge in [0.1, 0.15) is 6.10 Å². The number of aliphatic hydroxyl groups excluding tert-OH is 2.